The molecule has 0 aliphatic carbocycles. The van der Waals surface area contributed by atoms with Crippen LogP contribution in [0.25, 0.3) is 5.82 Å². The van der Waals surface area contributed by atoms with Crippen LogP contribution in [0.1, 0.15) is 16.1 Å². The lowest BCUT2D eigenvalue weighted by atomic mass is 10.2. The smallest absolute Gasteiger partial charge is 0.365 e. The van der Waals surface area contributed by atoms with Crippen LogP contribution < -0.4 is 5.73 Å². The van der Waals surface area contributed by atoms with Crippen LogP contribution in [0.5, 0.6) is 0 Å². The fraction of sp³-hybridized carbons (Fsp3) is 0.111. The van der Waals surface area contributed by atoms with Gasteiger partial charge in [0.1, 0.15) is 0 Å². The first-order valence-corrected chi connectivity index (χ1v) is 4.64. The molecule has 18 heavy (non-hydrogen) atoms. The van der Waals surface area contributed by atoms with E-state index >= 15 is 0 Å². The van der Waals surface area contributed by atoms with Crippen LogP contribution in [0.3, 0.4) is 0 Å². The second-order valence-electron chi connectivity index (χ2n) is 3.26. The lowest BCUT2D eigenvalue weighted by Gasteiger charge is -2.10. The Morgan fingerprint density at radius 1 is 1.39 bits per heavy atom. The van der Waals surface area contributed by atoms with Crippen LogP contribution in [0, 0.1) is 0 Å². The highest BCUT2D eigenvalue weighted by Gasteiger charge is 2.40. The number of nitrogens with two attached hydrogens (primary N) is 1. The van der Waals surface area contributed by atoms with Crippen molar-refractivity contribution in [2.24, 2.45) is 5.73 Å². The third kappa shape index (κ3) is 2.01. The summed E-state index contributed by atoms with van der Waals surface area (Å²) in [5, 5.41) is 10.4. The molecule has 0 unspecified atom stereocenters. The number of hydrogen-bond donors (Lipinski definition) is 1. The van der Waals surface area contributed by atoms with E-state index < -0.39 is 23.3 Å². The van der Waals surface area contributed by atoms with Gasteiger partial charge in [0.25, 0.3) is 5.91 Å². The van der Waals surface area contributed by atoms with Gasteiger partial charge in [-0.2, -0.15) is 23.4 Å². The number of primary amides is 1. The van der Waals surface area contributed by atoms with Gasteiger partial charge in [0.2, 0.25) is 0 Å². The number of aromatic nitrogens is 4. The second kappa shape index (κ2) is 4.09. The van der Waals surface area contributed by atoms with Gasteiger partial charge in [0, 0.05) is 6.20 Å². The van der Waals surface area contributed by atoms with Crippen LogP contribution in [0.4, 0.5) is 13.2 Å². The van der Waals surface area contributed by atoms with E-state index in [1.165, 1.54) is 18.3 Å². The van der Waals surface area contributed by atoms with Crippen molar-refractivity contribution in [1.29, 1.82) is 0 Å². The van der Waals surface area contributed by atoms with Crippen molar-refractivity contribution in [3.05, 3.63) is 35.8 Å². The SMILES string of the molecule is NC(=O)c1cnn(-c2cccnn2)c1C(F)(F)F. The summed E-state index contributed by atoms with van der Waals surface area (Å²) in [6.45, 7) is 0. The van der Waals surface area contributed by atoms with Crippen molar-refractivity contribution in [1.82, 2.24) is 20.0 Å². The molecule has 2 aromatic rings. The molecule has 1 amide bonds. The Morgan fingerprint density at radius 3 is 2.61 bits per heavy atom. The van der Waals surface area contributed by atoms with Crippen LogP contribution in [0.15, 0.2) is 24.5 Å². The normalized spacial score (nSPS) is 11.5. The molecule has 0 saturated carbocycles. The van der Waals surface area contributed by atoms with Gasteiger partial charge in [-0.05, 0) is 12.1 Å². The summed E-state index contributed by atoms with van der Waals surface area (Å²) in [6.07, 6.45) is -2.73. The molecule has 9 heteroatoms. The number of nitrogens with zero attached hydrogens (tertiary/aromatic N) is 4. The lowest BCUT2D eigenvalue weighted by molar-refractivity contribution is -0.143. The topological polar surface area (TPSA) is 86.7 Å². The molecular formula is C9H6F3N5O. The molecule has 0 aliphatic heterocycles. The second-order valence-corrected chi connectivity index (χ2v) is 3.26. The third-order valence-electron chi connectivity index (χ3n) is 2.08. The van der Waals surface area contributed by atoms with E-state index in [0.717, 1.165) is 6.20 Å². The summed E-state index contributed by atoms with van der Waals surface area (Å²) in [5.74, 6) is -1.37. The van der Waals surface area contributed by atoms with Crippen LogP contribution in [-0.4, -0.2) is 25.9 Å². The summed E-state index contributed by atoms with van der Waals surface area (Å²) in [4.78, 5) is 10.9. The molecule has 2 aromatic heterocycles. The molecule has 0 saturated heterocycles. The number of carbonyl (C=O) groups is 1. The summed E-state index contributed by atoms with van der Waals surface area (Å²) in [6, 6.07) is 2.67. The third-order valence-corrected chi connectivity index (χ3v) is 2.08. The van der Waals surface area contributed by atoms with Gasteiger partial charge in [0.05, 0.1) is 11.8 Å². The minimum atomic E-state index is -4.78. The van der Waals surface area contributed by atoms with E-state index in [2.05, 4.69) is 15.3 Å². The maximum absolute atomic E-state index is 12.9. The van der Waals surface area contributed by atoms with Crippen molar-refractivity contribution in [2.45, 2.75) is 6.18 Å². The molecule has 0 bridgehead atoms. The van der Waals surface area contributed by atoms with Gasteiger partial charge in [-0.15, -0.1) is 5.10 Å². The Labute approximate surface area is 98.2 Å². The number of rotatable bonds is 2. The Balaban J connectivity index is 2.67. The predicted octanol–water partition coefficient (Wildman–Crippen LogP) is 0.780. The summed E-state index contributed by atoms with van der Waals surface area (Å²) < 4.78 is 39.1. The zero-order valence-electron chi connectivity index (χ0n) is 8.72. The Morgan fingerprint density at radius 2 is 2.11 bits per heavy atom. The Kier molecular flexibility index (Phi) is 2.73. The monoisotopic (exact) mass is 257 g/mol. The minimum Gasteiger partial charge on any atom is -0.365 e. The zero-order chi connectivity index (χ0) is 13.3. The molecule has 2 heterocycles. The first-order chi connectivity index (χ1) is 8.41. The molecule has 6 nitrogen and oxygen atoms in total. The molecule has 2 N–H and O–H groups in total. The highest BCUT2D eigenvalue weighted by atomic mass is 19.4. The average Bonchev–Trinajstić information content (AvgIpc) is 2.74. The van der Waals surface area contributed by atoms with Gasteiger partial charge >= 0.3 is 6.18 Å². The molecule has 0 radical (unpaired) electrons. The van der Waals surface area contributed by atoms with E-state index in [1.54, 1.807) is 0 Å². The number of halogens is 3. The first kappa shape index (κ1) is 12.0. The molecule has 0 atom stereocenters. The highest BCUT2D eigenvalue weighted by molar-refractivity contribution is 5.94. The van der Waals surface area contributed by atoms with Crippen molar-refractivity contribution >= 4 is 5.91 Å². The predicted molar refractivity (Wildman–Crippen MR) is 52.7 cm³/mol. The van der Waals surface area contributed by atoms with E-state index in [9.17, 15) is 18.0 Å². The molecule has 0 spiro atoms. The standard InChI is InChI=1S/C9H6F3N5O/c10-9(11,12)7-5(8(13)18)4-15-17(7)6-2-1-3-14-16-6/h1-4H,(H2,13,18). The Bertz CT molecular complexity index is 578. The van der Waals surface area contributed by atoms with Crippen LogP contribution in [0.2, 0.25) is 0 Å². The summed E-state index contributed by atoms with van der Waals surface area (Å²) in [7, 11) is 0. The number of amides is 1. The van der Waals surface area contributed by atoms with Crippen molar-refractivity contribution in [3.8, 4) is 5.82 Å². The van der Waals surface area contributed by atoms with E-state index in [4.69, 9.17) is 5.73 Å². The fourth-order valence-corrected chi connectivity index (χ4v) is 1.38. The fourth-order valence-electron chi connectivity index (χ4n) is 1.38. The maximum atomic E-state index is 12.9. The molecule has 2 rings (SSSR count). The molecule has 94 valence electrons. The van der Waals surface area contributed by atoms with E-state index in [0.29, 0.717) is 4.68 Å². The van der Waals surface area contributed by atoms with Gasteiger partial charge in [0.15, 0.2) is 11.5 Å². The molecule has 0 aliphatic rings. The number of hydrogen-bond acceptors (Lipinski definition) is 4. The van der Waals surface area contributed by atoms with Gasteiger partial charge in [-0.25, -0.2) is 4.68 Å². The number of alkyl halides is 3. The Hall–Kier alpha value is -2.45. The van der Waals surface area contributed by atoms with Crippen molar-refractivity contribution in [3.63, 3.8) is 0 Å². The molecule has 0 fully saturated rings. The number of carbonyl (C=O) groups excluding carboxylic acids is 1. The minimum absolute atomic E-state index is 0.155. The zero-order valence-corrected chi connectivity index (χ0v) is 8.72. The quantitative estimate of drug-likeness (QED) is 0.861. The van der Waals surface area contributed by atoms with Crippen molar-refractivity contribution < 1.29 is 18.0 Å². The highest BCUT2D eigenvalue weighted by Crippen LogP contribution is 2.32. The average molecular weight is 257 g/mol. The first-order valence-electron chi connectivity index (χ1n) is 4.64. The van der Waals surface area contributed by atoms with Gasteiger partial charge in [-0.1, -0.05) is 0 Å². The van der Waals surface area contributed by atoms with Crippen molar-refractivity contribution in [2.75, 3.05) is 0 Å². The van der Waals surface area contributed by atoms with Gasteiger partial charge < -0.3 is 5.73 Å². The summed E-state index contributed by atoms with van der Waals surface area (Å²) >= 11 is 0. The van der Waals surface area contributed by atoms with Gasteiger partial charge in [-0.3, -0.25) is 4.79 Å². The van der Waals surface area contributed by atoms with E-state index in [1.807, 2.05) is 0 Å². The van der Waals surface area contributed by atoms with E-state index in [-0.39, 0.29) is 5.82 Å². The lowest BCUT2D eigenvalue weighted by Crippen LogP contribution is -2.21. The molecular weight excluding hydrogens is 251 g/mol. The molecule has 0 aromatic carbocycles. The van der Waals surface area contributed by atoms with Crippen LogP contribution in [-0.2, 0) is 6.18 Å². The largest absolute Gasteiger partial charge is 0.434 e. The maximum Gasteiger partial charge on any atom is 0.434 e. The summed E-state index contributed by atoms with van der Waals surface area (Å²) in [5.41, 5.74) is 2.89. The van der Waals surface area contributed by atoms with Crippen LogP contribution >= 0.6 is 0 Å².